The van der Waals surface area contributed by atoms with Gasteiger partial charge in [-0.2, -0.15) is 0 Å². The van der Waals surface area contributed by atoms with Crippen molar-refractivity contribution in [1.29, 1.82) is 0 Å². The number of halogens is 1. The van der Waals surface area contributed by atoms with Crippen LogP contribution < -0.4 is 5.73 Å². The second kappa shape index (κ2) is 3.47. The molecule has 0 aromatic carbocycles. The Labute approximate surface area is 84.7 Å². The van der Waals surface area contributed by atoms with Gasteiger partial charge < -0.3 is 10.1 Å². The molecule has 0 saturated carbocycles. The quantitative estimate of drug-likeness (QED) is 0.866. The summed E-state index contributed by atoms with van der Waals surface area (Å²) in [6.07, 6.45) is 4.81. The summed E-state index contributed by atoms with van der Waals surface area (Å²) < 4.78 is 3.01. The highest BCUT2D eigenvalue weighted by atomic mass is 79.9. The largest absolute Gasteiger partial charge is 0.330 e. The molecule has 68 valence electrons. The molecule has 0 atom stereocenters. The average Bonchev–Trinajstić information content (AvgIpc) is 2.49. The van der Waals surface area contributed by atoms with Crippen LogP contribution in [0.4, 0.5) is 0 Å². The molecule has 2 N–H and O–H groups in total. The molecule has 2 heterocycles. The van der Waals surface area contributed by atoms with Crippen LogP contribution in [0.3, 0.4) is 0 Å². The van der Waals surface area contributed by atoms with Gasteiger partial charge in [0.1, 0.15) is 0 Å². The third-order valence-electron chi connectivity index (χ3n) is 1.89. The van der Waals surface area contributed by atoms with Crippen molar-refractivity contribution in [2.45, 2.75) is 6.42 Å². The van der Waals surface area contributed by atoms with E-state index < -0.39 is 0 Å². The molecule has 0 amide bonds. The van der Waals surface area contributed by atoms with Crippen LogP contribution in [-0.2, 0) is 6.42 Å². The zero-order valence-electron chi connectivity index (χ0n) is 7.07. The maximum absolute atomic E-state index is 5.46. The van der Waals surface area contributed by atoms with E-state index in [0.717, 1.165) is 22.2 Å². The van der Waals surface area contributed by atoms with Gasteiger partial charge in [-0.1, -0.05) is 0 Å². The van der Waals surface area contributed by atoms with Crippen LogP contribution in [0.1, 0.15) is 5.69 Å². The molecule has 0 aliphatic rings. The molecule has 13 heavy (non-hydrogen) atoms. The lowest BCUT2D eigenvalue weighted by Crippen LogP contribution is -2.02. The van der Waals surface area contributed by atoms with Crippen LogP contribution >= 0.6 is 15.9 Å². The molecule has 0 saturated heterocycles. The van der Waals surface area contributed by atoms with Crippen molar-refractivity contribution in [3.8, 4) is 0 Å². The Morgan fingerprint density at radius 2 is 2.38 bits per heavy atom. The third kappa shape index (κ3) is 1.59. The van der Waals surface area contributed by atoms with E-state index in [9.17, 15) is 0 Å². The smallest absolute Gasteiger partial charge is 0.151 e. The highest BCUT2D eigenvalue weighted by Crippen LogP contribution is 2.16. The molecule has 0 spiro atoms. The lowest BCUT2D eigenvalue weighted by atomic mass is 10.3. The summed E-state index contributed by atoms with van der Waals surface area (Å²) in [4.78, 5) is 4.44. The number of rotatable bonds is 2. The molecule has 4 heteroatoms. The van der Waals surface area contributed by atoms with Crippen LogP contribution in [0.25, 0.3) is 5.65 Å². The second-order valence-electron chi connectivity index (χ2n) is 2.86. The molecule has 0 aliphatic heterocycles. The van der Waals surface area contributed by atoms with E-state index in [1.807, 2.05) is 28.9 Å². The minimum absolute atomic E-state index is 0.640. The topological polar surface area (TPSA) is 43.3 Å². The Hall–Kier alpha value is -0.870. The number of fused-ring (bicyclic) bond motifs is 1. The van der Waals surface area contributed by atoms with Crippen molar-refractivity contribution in [2.24, 2.45) is 5.73 Å². The van der Waals surface area contributed by atoms with Gasteiger partial charge in [-0.15, -0.1) is 0 Å². The molecule has 2 rings (SSSR count). The first-order valence-electron chi connectivity index (χ1n) is 4.13. The van der Waals surface area contributed by atoms with Crippen LogP contribution in [0, 0.1) is 0 Å². The molecule has 2 aromatic rings. The monoisotopic (exact) mass is 239 g/mol. The maximum atomic E-state index is 5.46. The van der Waals surface area contributed by atoms with Gasteiger partial charge >= 0.3 is 0 Å². The number of pyridine rings is 1. The van der Waals surface area contributed by atoms with E-state index >= 15 is 0 Å². The Balaban J connectivity index is 2.55. The zero-order valence-corrected chi connectivity index (χ0v) is 8.66. The van der Waals surface area contributed by atoms with Crippen molar-refractivity contribution in [3.05, 3.63) is 34.7 Å². The summed E-state index contributed by atoms with van der Waals surface area (Å²) in [5.41, 5.74) is 7.45. The SMILES string of the molecule is NCCc1cn2cccc(Br)c2n1. The van der Waals surface area contributed by atoms with Crippen molar-refractivity contribution in [3.63, 3.8) is 0 Å². The molecule has 0 bridgehead atoms. The summed E-state index contributed by atoms with van der Waals surface area (Å²) >= 11 is 3.45. The molecule has 3 nitrogen and oxygen atoms in total. The molecule has 0 radical (unpaired) electrons. The van der Waals surface area contributed by atoms with Crippen molar-refractivity contribution < 1.29 is 0 Å². The summed E-state index contributed by atoms with van der Waals surface area (Å²) in [5, 5.41) is 0. The Bertz CT molecular complexity index is 422. The fourth-order valence-corrected chi connectivity index (χ4v) is 1.74. The molecule has 0 aliphatic carbocycles. The van der Waals surface area contributed by atoms with Crippen LogP contribution in [0.2, 0.25) is 0 Å². The lowest BCUT2D eigenvalue weighted by molar-refractivity contribution is 0.937. The van der Waals surface area contributed by atoms with Crippen LogP contribution in [0.15, 0.2) is 29.0 Å². The van der Waals surface area contributed by atoms with Gasteiger partial charge in [0, 0.05) is 18.8 Å². The van der Waals surface area contributed by atoms with Gasteiger partial charge in [0.15, 0.2) is 5.65 Å². The second-order valence-corrected chi connectivity index (χ2v) is 3.71. The fourth-order valence-electron chi connectivity index (χ4n) is 1.30. The third-order valence-corrected chi connectivity index (χ3v) is 2.50. The predicted octanol–water partition coefficient (Wildman–Crippen LogP) is 1.60. The Kier molecular flexibility index (Phi) is 2.33. The van der Waals surface area contributed by atoms with Gasteiger partial charge in [0.05, 0.1) is 10.2 Å². The minimum atomic E-state index is 0.640. The van der Waals surface area contributed by atoms with Gasteiger partial charge in [-0.25, -0.2) is 4.98 Å². The van der Waals surface area contributed by atoms with E-state index in [0.29, 0.717) is 6.54 Å². The number of aromatic nitrogens is 2. The standard InChI is InChI=1S/C9H10BrN3/c10-8-2-1-5-13-6-7(3-4-11)12-9(8)13/h1-2,5-6H,3-4,11H2. The number of imidazole rings is 1. The minimum Gasteiger partial charge on any atom is -0.330 e. The first-order valence-corrected chi connectivity index (χ1v) is 4.93. The highest BCUT2D eigenvalue weighted by Gasteiger charge is 2.02. The Morgan fingerprint density at radius 3 is 3.08 bits per heavy atom. The van der Waals surface area contributed by atoms with Gasteiger partial charge in [0.2, 0.25) is 0 Å². The summed E-state index contributed by atoms with van der Waals surface area (Å²) in [7, 11) is 0. The van der Waals surface area contributed by atoms with Crippen molar-refractivity contribution in [1.82, 2.24) is 9.38 Å². The molecule has 0 unspecified atom stereocenters. The van der Waals surface area contributed by atoms with E-state index in [1.165, 1.54) is 0 Å². The molecular weight excluding hydrogens is 230 g/mol. The molecular formula is C9H10BrN3. The first kappa shape index (κ1) is 8.72. The number of hydrogen-bond donors (Lipinski definition) is 1. The van der Waals surface area contributed by atoms with Crippen molar-refractivity contribution >= 4 is 21.6 Å². The normalized spacial score (nSPS) is 10.9. The van der Waals surface area contributed by atoms with Crippen LogP contribution in [-0.4, -0.2) is 15.9 Å². The predicted molar refractivity (Wildman–Crippen MR) is 55.7 cm³/mol. The number of hydrogen-bond acceptors (Lipinski definition) is 2. The van der Waals surface area contributed by atoms with Gasteiger partial charge in [-0.3, -0.25) is 0 Å². The lowest BCUT2D eigenvalue weighted by Gasteiger charge is -1.92. The summed E-state index contributed by atoms with van der Waals surface area (Å²) in [6, 6.07) is 3.96. The van der Waals surface area contributed by atoms with E-state index in [2.05, 4.69) is 20.9 Å². The van der Waals surface area contributed by atoms with E-state index in [1.54, 1.807) is 0 Å². The average molecular weight is 240 g/mol. The van der Waals surface area contributed by atoms with Gasteiger partial charge in [0.25, 0.3) is 0 Å². The Morgan fingerprint density at radius 1 is 1.54 bits per heavy atom. The zero-order chi connectivity index (χ0) is 9.26. The van der Waals surface area contributed by atoms with E-state index in [-0.39, 0.29) is 0 Å². The molecule has 0 fully saturated rings. The van der Waals surface area contributed by atoms with E-state index in [4.69, 9.17) is 5.73 Å². The molecule has 2 aromatic heterocycles. The maximum Gasteiger partial charge on any atom is 0.151 e. The number of nitrogens with zero attached hydrogens (tertiary/aromatic N) is 2. The summed E-state index contributed by atoms with van der Waals surface area (Å²) in [6.45, 7) is 0.640. The highest BCUT2D eigenvalue weighted by molar-refractivity contribution is 9.10. The van der Waals surface area contributed by atoms with Gasteiger partial charge in [-0.05, 0) is 34.6 Å². The van der Waals surface area contributed by atoms with Crippen molar-refractivity contribution in [2.75, 3.05) is 6.54 Å². The fraction of sp³-hybridized carbons (Fsp3) is 0.222. The van der Waals surface area contributed by atoms with Crippen LogP contribution in [0.5, 0.6) is 0 Å². The first-order chi connectivity index (χ1) is 6.31. The number of nitrogens with two attached hydrogens (primary N) is 1. The summed E-state index contributed by atoms with van der Waals surface area (Å²) in [5.74, 6) is 0.